The van der Waals surface area contributed by atoms with Gasteiger partial charge in [0.05, 0.1) is 16.9 Å². The van der Waals surface area contributed by atoms with Crippen LogP contribution >= 0.6 is 11.6 Å². The van der Waals surface area contributed by atoms with Gasteiger partial charge in [0.2, 0.25) is 11.3 Å². The fraction of sp³-hybridized carbons (Fsp3) is 0.0526. The minimum atomic E-state index is -0.701. The van der Waals surface area contributed by atoms with Crippen LogP contribution in [0.1, 0.15) is 17.0 Å². The maximum Gasteiger partial charge on any atom is 0.300 e. The van der Waals surface area contributed by atoms with Crippen LogP contribution in [-0.2, 0) is 0 Å². The van der Waals surface area contributed by atoms with E-state index < -0.39 is 5.92 Å². The normalized spacial score (nSPS) is 16.2. The molecule has 0 bridgehead atoms. The maximum absolute atomic E-state index is 13.1. The number of nitriles is 1. The van der Waals surface area contributed by atoms with Gasteiger partial charge < -0.3 is 14.9 Å². The highest BCUT2D eigenvalue weighted by molar-refractivity contribution is 6.30. The highest BCUT2D eigenvalue weighted by Gasteiger charge is 2.35. The minimum absolute atomic E-state index is 0.00479. The molecule has 122 valence electrons. The Bertz CT molecular complexity index is 1140. The Labute approximate surface area is 147 Å². The van der Waals surface area contributed by atoms with E-state index in [0.717, 1.165) is 0 Å². The van der Waals surface area contributed by atoms with Crippen LogP contribution in [0.25, 0.3) is 11.0 Å². The molecule has 0 saturated carbocycles. The number of hydrogen-bond acceptors (Lipinski definition) is 5. The van der Waals surface area contributed by atoms with Gasteiger partial charge in [-0.2, -0.15) is 5.26 Å². The van der Waals surface area contributed by atoms with E-state index in [9.17, 15) is 10.1 Å². The molecule has 4 rings (SSSR count). The number of benzene rings is 2. The molecule has 0 radical (unpaired) electrons. The topological polar surface area (TPSA) is 89.2 Å². The summed E-state index contributed by atoms with van der Waals surface area (Å²) in [7, 11) is 0. The molecular formula is C19H11ClN2O3. The van der Waals surface area contributed by atoms with E-state index in [1.165, 1.54) is 0 Å². The largest absolute Gasteiger partial charge is 0.425 e. The summed E-state index contributed by atoms with van der Waals surface area (Å²) in [6.45, 7) is 0. The van der Waals surface area contributed by atoms with E-state index in [4.69, 9.17) is 26.5 Å². The fourth-order valence-electron chi connectivity index (χ4n) is 3.04. The van der Waals surface area contributed by atoms with Crippen molar-refractivity contribution in [1.29, 1.82) is 5.26 Å². The lowest BCUT2D eigenvalue weighted by Crippen LogP contribution is -2.26. The van der Waals surface area contributed by atoms with Gasteiger partial charge in [0, 0.05) is 5.02 Å². The third-order valence-electron chi connectivity index (χ3n) is 4.15. The summed E-state index contributed by atoms with van der Waals surface area (Å²) in [5.41, 5.74) is 7.09. The van der Waals surface area contributed by atoms with E-state index in [1.807, 2.05) is 6.07 Å². The average molecular weight is 351 g/mol. The van der Waals surface area contributed by atoms with Crippen LogP contribution in [0.2, 0.25) is 5.02 Å². The maximum atomic E-state index is 13.1. The van der Waals surface area contributed by atoms with E-state index in [2.05, 4.69) is 0 Å². The number of para-hydroxylation sites is 1. The fourth-order valence-corrected chi connectivity index (χ4v) is 3.24. The predicted molar refractivity (Wildman–Crippen MR) is 93.2 cm³/mol. The summed E-state index contributed by atoms with van der Waals surface area (Å²) in [5, 5.41) is 10.5. The number of fused-ring (bicyclic) bond motifs is 2. The zero-order chi connectivity index (χ0) is 17.6. The molecule has 3 aromatic rings. The van der Waals surface area contributed by atoms with E-state index >= 15 is 0 Å². The number of hydrogen-bond donors (Lipinski definition) is 1. The lowest BCUT2D eigenvalue weighted by Gasteiger charge is -2.24. The molecule has 1 aliphatic heterocycles. The van der Waals surface area contributed by atoms with Gasteiger partial charge in [0.25, 0.3) is 5.95 Å². The van der Waals surface area contributed by atoms with Gasteiger partial charge in [-0.25, -0.2) is 0 Å². The summed E-state index contributed by atoms with van der Waals surface area (Å²) < 4.78 is 11.2. The second kappa shape index (κ2) is 5.69. The first-order chi connectivity index (χ1) is 12.1. The van der Waals surface area contributed by atoms with Crippen molar-refractivity contribution in [1.82, 2.24) is 0 Å². The van der Waals surface area contributed by atoms with E-state index in [1.54, 1.807) is 48.5 Å². The van der Waals surface area contributed by atoms with Crippen molar-refractivity contribution in [3.05, 3.63) is 86.4 Å². The van der Waals surface area contributed by atoms with Crippen LogP contribution in [0.4, 0.5) is 0 Å². The van der Waals surface area contributed by atoms with Crippen molar-refractivity contribution < 1.29 is 9.15 Å². The lowest BCUT2D eigenvalue weighted by molar-refractivity contribution is 0.296. The molecule has 0 saturated heterocycles. The Hall–Kier alpha value is -3.23. The zero-order valence-corrected chi connectivity index (χ0v) is 13.6. The summed E-state index contributed by atoms with van der Waals surface area (Å²) in [6.07, 6.45) is 0. The molecule has 2 N–H and O–H groups in total. The Morgan fingerprint density at radius 1 is 1.16 bits per heavy atom. The molecule has 0 fully saturated rings. The number of rotatable bonds is 1. The van der Waals surface area contributed by atoms with Crippen molar-refractivity contribution >= 4 is 22.6 Å². The van der Waals surface area contributed by atoms with Gasteiger partial charge in [-0.05, 0) is 29.8 Å². The van der Waals surface area contributed by atoms with E-state index in [-0.39, 0.29) is 28.4 Å². The van der Waals surface area contributed by atoms with Gasteiger partial charge in [-0.1, -0.05) is 35.9 Å². The van der Waals surface area contributed by atoms with Crippen molar-refractivity contribution in [2.45, 2.75) is 5.92 Å². The van der Waals surface area contributed by atoms with E-state index in [0.29, 0.717) is 21.6 Å². The highest BCUT2D eigenvalue weighted by atomic mass is 35.5. The molecule has 0 unspecified atom stereocenters. The summed E-state index contributed by atoms with van der Waals surface area (Å²) in [6, 6.07) is 15.8. The first kappa shape index (κ1) is 15.3. The Balaban J connectivity index is 2.08. The number of allylic oxidation sites excluding steroid dienone is 1. The first-order valence-electron chi connectivity index (χ1n) is 7.49. The second-order valence-electron chi connectivity index (χ2n) is 5.61. The molecule has 2 aromatic carbocycles. The molecule has 6 heteroatoms. The Kier molecular flexibility index (Phi) is 3.48. The van der Waals surface area contributed by atoms with Crippen LogP contribution < -0.4 is 15.9 Å². The lowest BCUT2D eigenvalue weighted by atomic mass is 9.84. The van der Waals surface area contributed by atoms with Crippen LogP contribution in [0, 0.1) is 11.3 Å². The summed E-state index contributed by atoms with van der Waals surface area (Å²) in [5.74, 6) is -0.781. The monoisotopic (exact) mass is 350 g/mol. The van der Waals surface area contributed by atoms with Crippen molar-refractivity contribution in [2.75, 3.05) is 0 Å². The standard InChI is InChI=1S/C19H11ClN2O3/c20-11-5-3-4-10(8-11)15-13(9-21)18(22)25-19-16(15)17(23)12-6-1-2-7-14(12)24-19/h1-8,15H,22H2/t15-/m1/s1. The number of nitrogens with zero attached hydrogens (tertiary/aromatic N) is 1. The average Bonchev–Trinajstić information content (AvgIpc) is 2.61. The van der Waals surface area contributed by atoms with Gasteiger partial charge in [0.1, 0.15) is 17.2 Å². The first-order valence-corrected chi connectivity index (χ1v) is 7.86. The third-order valence-corrected chi connectivity index (χ3v) is 4.38. The molecule has 0 spiro atoms. The van der Waals surface area contributed by atoms with Gasteiger partial charge in [0.15, 0.2) is 0 Å². The quantitative estimate of drug-likeness (QED) is 0.723. The predicted octanol–water partition coefficient (Wildman–Crippen LogP) is 3.66. The molecule has 1 aliphatic rings. The van der Waals surface area contributed by atoms with Crippen molar-refractivity contribution in [2.24, 2.45) is 5.73 Å². The number of ether oxygens (including phenoxy) is 1. The van der Waals surface area contributed by atoms with Crippen LogP contribution in [0.15, 0.2) is 69.2 Å². The molecular weight excluding hydrogens is 340 g/mol. The van der Waals surface area contributed by atoms with Crippen LogP contribution in [0.3, 0.4) is 0 Å². The van der Waals surface area contributed by atoms with Crippen molar-refractivity contribution in [3.63, 3.8) is 0 Å². The number of nitrogens with two attached hydrogens (primary N) is 1. The summed E-state index contributed by atoms with van der Waals surface area (Å²) >= 11 is 6.09. The summed E-state index contributed by atoms with van der Waals surface area (Å²) in [4.78, 5) is 13.1. The zero-order valence-electron chi connectivity index (χ0n) is 12.8. The second-order valence-corrected chi connectivity index (χ2v) is 6.04. The molecule has 5 nitrogen and oxygen atoms in total. The molecule has 0 amide bonds. The molecule has 25 heavy (non-hydrogen) atoms. The highest BCUT2D eigenvalue weighted by Crippen LogP contribution is 2.41. The van der Waals surface area contributed by atoms with Gasteiger partial charge in [-0.15, -0.1) is 0 Å². The van der Waals surface area contributed by atoms with Gasteiger partial charge in [-0.3, -0.25) is 4.79 Å². The molecule has 0 aliphatic carbocycles. The minimum Gasteiger partial charge on any atom is -0.425 e. The van der Waals surface area contributed by atoms with Crippen LogP contribution in [-0.4, -0.2) is 0 Å². The molecule has 1 aromatic heterocycles. The smallest absolute Gasteiger partial charge is 0.300 e. The molecule has 2 heterocycles. The van der Waals surface area contributed by atoms with Crippen molar-refractivity contribution in [3.8, 4) is 12.0 Å². The number of halogens is 1. The Morgan fingerprint density at radius 3 is 2.72 bits per heavy atom. The Morgan fingerprint density at radius 2 is 1.96 bits per heavy atom. The van der Waals surface area contributed by atoms with Crippen LogP contribution in [0.5, 0.6) is 5.95 Å². The molecule has 1 atom stereocenters. The van der Waals surface area contributed by atoms with Gasteiger partial charge >= 0.3 is 0 Å². The third kappa shape index (κ3) is 2.35. The SMILES string of the molecule is N#CC1=C(N)Oc2oc3ccccc3c(=O)c2[C@@H]1c1cccc(Cl)c1.